The Balaban J connectivity index is 1.51. The molecule has 0 radical (unpaired) electrons. The first-order valence-electron chi connectivity index (χ1n) is 9.44. The van der Waals surface area contributed by atoms with Crippen LogP contribution in [0.4, 0.5) is 5.82 Å². The van der Waals surface area contributed by atoms with Gasteiger partial charge in [-0.05, 0) is 30.9 Å². The summed E-state index contributed by atoms with van der Waals surface area (Å²) in [6, 6.07) is 10.5. The third kappa shape index (κ3) is 3.55. The summed E-state index contributed by atoms with van der Waals surface area (Å²) in [6.07, 6.45) is 5.77. The summed E-state index contributed by atoms with van der Waals surface area (Å²) in [4.78, 5) is 11.5. The third-order valence-electron chi connectivity index (χ3n) is 4.92. The van der Waals surface area contributed by atoms with E-state index in [0.717, 1.165) is 54.4 Å². The number of benzene rings is 1. The van der Waals surface area contributed by atoms with Crippen molar-refractivity contribution in [3.05, 3.63) is 42.9 Å². The van der Waals surface area contributed by atoms with Crippen molar-refractivity contribution in [1.29, 1.82) is 0 Å². The summed E-state index contributed by atoms with van der Waals surface area (Å²) in [5.41, 5.74) is 1.85. The molecule has 0 saturated carbocycles. The first kappa shape index (κ1) is 17.0. The molecule has 1 N–H and O–H groups in total. The molecule has 6 nitrogen and oxygen atoms in total. The minimum absolute atomic E-state index is 0.455. The van der Waals surface area contributed by atoms with E-state index in [1.54, 1.807) is 6.33 Å². The second-order valence-corrected chi connectivity index (χ2v) is 7.46. The molecule has 0 aliphatic carbocycles. The van der Waals surface area contributed by atoms with E-state index in [0.29, 0.717) is 6.04 Å². The number of nitrogens with zero attached hydrogens (tertiary/aromatic N) is 5. The zero-order chi connectivity index (χ0) is 17.9. The van der Waals surface area contributed by atoms with Gasteiger partial charge in [0.05, 0.1) is 17.3 Å². The first-order chi connectivity index (χ1) is 12.7. The van der Waals surface area contributed by atoms with E-state index in [2.05, 4.69) is 39.1 Å². The second-order valence-electron chi connectivity index (χ2n) is 7.46. The van der Waals surface area contributed by atoms with Gasteiger partial charge in [-0.3, -0.25) is 0 Å². The van der Waals surface area contributed by atoms with E-state index < -0.39 is 0 Å². The maximum atomic E-state index is 4.53. The molecule has 1 aromatic carbocycles. The molecule has 0 atom stereocenters. The molecule has 3 aromatic rings. The van der Waals surface area contributed by atoms with Gasteiger partial charge in [-0.2, -0.15) is 5.10 Å². The van der Waals surface area contributed by atoms with Gasteiger partial charge in [-0.25, -0.2) is 14.6 Å². The molecule has 1 saturated heterocycles. The average Bonchev–Trinajstić information content (AvgIpc) is 3.09. The van der Waals surface area contributed by atoms with Crippen LogP contribution in [0.25, 0.3) is 16.7 Å². The lowest BCUT2D eigenvalue weighted by Crippen LogP contribution is -2.40. The smallest absolute Gasteiger partial charge is 0.168 e. The van der Waals surface area contributed by atoms with E-state index in [-0.39, 0.29) is 0 Å². The molecule has 0 spiro atoms. The molecule has 0 unspecified atom stereocenters. The minimum atomic E-state index is 0.455. The van der Waals surface area contributed by atoms with Gasteiger partial charge < -0.3 is 10.2 Å². The van der Waals surface area contributed by atoms with Gasteiger partial charge in [0.2, 0.25) is 0 Å². The Morgan fingerprint density at radius 3 is 2.62 bits per heavy atom. The summed E-state index contributed by atoms with van der Waals surface area (Å²) in [5, 5.41) is 9.13. The van der Waals surface area contributed by atoms with Crippen LogP contribution in [-0.4, -0.2) is 50.3 Å². The molecule has 1 aliphatic heterocycles. The molecule has 0 amide bonds. The Bertz CT molecular complexity index is 849. The van der Waals surface area contributed by atoms with Crippen molar-refractivity contribution in [2.45, 2.75) is 32.7 Å². The monoisotopic (exact) mass is 350 g/mol. The van der Waals surface area contributed by atoms with Crippen molar-refractivity contribution >= 4 is 16.9 Å². The van der Waals surface area contributed by atoms with Gasteiger partial charge in [0.15, 0.2) is 5.65 Å². The van der Waals surface area contributed by atoms with Crippen molar-refractivity contribution in [3.8, 4) is 5.69 Å². The summed E-state index contributed by atoms with van der Waals surface area (Å²) < 4.78 is 1.87. The number of likely N-dealkylation sites (tertiary alicyclic amines) is 1. The standard InChI is InChI=1S/C20H26N6/c1-15(2)13-25-10-8-16(9-11-25)24-19-18-12-23-26(20(18)22-14-21-19)17-6-4-3-5-7-17/h3-7,12,14-16H,8-11,13H2,1-2H3,(H,21,22,24). The van der Waals surface area contributed by atoms with Crippen LogP contribution < -0.4 is 5.32 Å². The molecule has 4 rings (SSSR count). The van der Waals surface area contributed by atoms with Crippen LogP contribution in [-0.2, 0) is 0 Å². The number of para-hydroxylation sites is 1. The second kappa shape index (κ2) is 7.41. The van der Waals surface area contributed by atoms with Crippen molar-refractivity contribution in [3.63, 3.8) is 0 Å². The highest BCUT2D eigenvalue weighted by molar-refractivity contribution is 5.87. The van der Waals surface area contributed by atoms with E-state index in [4.69, 9.17) is 0 Å². The average molecular weight is 350 g/mol. The lowest BCUT2D eigenvalue weighted by molar-refractivity contribution is 0.198. The quantitative estimate of drug-likeness (QED) is 0.765. The highest BCUT2D eigenvalue weighted by Crippen LogP contribution is 2.24. The highest BCUT2D eigenvalue weighted by Gasteiger charge is 2.21. The Morgan fingerprint density at radius 1 is 1.12 bits per heavy atom. The fraction of sp³-hybridized carbons (Fsp3) is 0.450. The number of fused-ring (bicyclic) bond motifs is 1. The zero-order valence-electron chi connectivity index (χ0n) is 15.5. The summed E-state index contributed by atoms with van der Waals surface area (Å²) in [7, 11) is 0. The first-order valence-corrected chi connectivity index (χ1v) is 9.44. The fourth-order valence-electron chi connectivity index (χ4n) is 3.69. The maximum absolute atomic E-state index is 4.53. The number of piperidine rings is 1. The molecular weight excluding hydrogens is 324 g/mol. The fourth-order valence-corrected chi connectivity index (χ4v) is 3.69. The topological polar surface area (TPSA) is 58.9 Å². The van der Waals surface area contributed by atoms with Crippen LogP contribution in [0.1, 0.15) is 26.7 Å². The summed E-state index contributed by atoms with van der Waals surface area (Å²) in [5.74, 6) is 1.62. The van der Waals surface area contributed by atoms with Crippen LogP contribution in [0.3, 0.4) is 0 Å². The summed E-state index contributed by atoms with van der Waals surface area (Å²) >= 11 is 0. The number of hydrogen-bond donors (Lipinski definition) is 1. The molecule has 1 fully saturated rings. The van der Waals surface area contributed by atoms with Crippen molar-refractivity contribution in [2.24, 2.45) is 5.92 Å². The highest BCUT2D eigenvalue weighted by atomic mass is 15.3. The number of hydrogen-bond acceptors (Lipinski definition) is 5. The Kier molecular flexibility index (Phi) is 4.84. The maximum Gasteiger partial charge on any atom is 0.168 e. The SMILES string of the molecule is CC(C)CN1CCC(Nc2ncnc3c2cnn3-c2ccccc2)CC1. The predicted octanol–water partition coefficient (Wildman–Crippen LogP) is 3.35. The van der Waals surface area contributed by atoms with Crippen LogP contribution in [0.15, 0.2) is 42.9 Å². The normalized spacial score (nSPS) is 16.4. The molecule has 2 aromatic heterocycles. The number of nitrogens with one attached hydrogen (secondary N) is 1. The molecular formula is C20H26N6. The third-order valence-corrected chi connectivity index (χ3v) is 4.92. The molecule has 136 valence electrons. The van der Waals surface area contributed by atoms with Crippen LogP contribution in [0.5, 0.6) is 0 Å². The van der Waals surface area contributed by atoms with Crippen molar-refractivity contribution in [1.82, 2.24) is 24.6 Å². The summed E-state index contributed by atoms with van der Waals surface area (Å²) in [6.45, 7) is 8.05. The largest absolute Gasteiger partial charge is 0.367 e. The Hall–Kier alpha value is -2.47. The van der Waals surface area contributed by atoms with Gasteiger partial charge in [0.1, 0.15) is 12.1 Å². The molecule has 26 heavy (non-hydrogen) atoms. The lowest BCUT2D eigenvalue weighted by atomic mass is 10.0. The van der Waals surface area contributed by atoms with Crippen molar-refractivity contribution < 1.29 is 0 Å². The molecule has 6 heteroatoms. The van der Waals surface area contributed by atoms with Crippen LogP contribution >= 0.6 is 0 Å². The molecule has 1 aliphatic rings. The van der Waals surface area contributed by atoms with E-state index in [1.807, 2.05) is 41.2 Å². The van der Waals surface area contributed by atoms with Crippen LogP contribution in [0.2, 0.25) is 0 Å². The number of anilines is 1. The molecule has 0 bridgehead atoms. The van der Waals surface area contributed by atoms with Crippen molar-refractivity contribution in [2.75, 3.05) is 25.0 Å². The van der Waals surface area contributed by atoms with Gasteiger partial charge in [0.25, 0.3) is 0 Å². The van der Waals surface area contributed by atoms with Gasteiger partial charge in [-0.1, -0.05) is 32.0 Å². The molecule has 3 heterocycles. The van der Waals surface area contributed by atoms with Gasteiger partial charge in [-0.15, -0.1) is 0 Å². The lowest BCUT2D eigenvalue weighted by Gasteiger charge is -2.33. The van der Waals surface area contributed by atoms with Gasteiger partial charge >= 0.3 is 0 Å². The number of aromatic nitrogens is 4. The van der Waals surface area contributed by atoms with Crippen LogP contribution in [0, 0.1) is 5.92 Å². The Morgan fingerprint density at radius 2 is 1.88 bits per heavy atom. The Labute approximate surface area is 154 Å². The zero-order valence-corrected chi connectivity index (χ0v) is 15.5. The predicted molar refractivity (Wildman–Crippen MR) is 105 cm³/mol. The van der Waals surface area contributed by atoms with E-state index in [9.17, 15) is 0 Å². The van der Waals surface area contributed by atoms with Gasteiger partial charge in [0, 0.05) is 25.7 Å². The van der Waals surface area contributed by atoms with E-state index in [1.165, 1.54) is 6.54 Å². The van der Waals surface area contributed by atoms with E-state index >= 15 is 0 Å². The number of rotatable bonds is 5. The minimum Gasteiger partial charge on any atom is -0.367 e.